The largest absolute Gasteiger partial charge is 0.415 e. The zero-order valence-electron chi connectivity index (χ0n) is 17.1. The third-order valence-electron chi connectivity index (χ3n) is 5.67. The number of alkyl halides is 2. The molecule has 2 atom stereocenters. The number of aromatic nitrogens is 2. The highest BCUT2D eigenvalue weighted by Crippen LogP contribution is 2.38. The van der Waals surface area contributed by atoms with Crippen molar-refractivity contribution in [2.24, 2.45) is 0 Å². The Kier molecular flexibility index (Phi) is 5.69. The summed E-state index contributed by atoms with van der Waals surface area (Å²) < 4.78 is 58.6. The highest BCUT2D eigenvalue weighted by Gasteiger charge is 2.43. The van der Waals surface area contributed by atoms with Gasteiger partial charge in [0.05, 0.1) is 4.90 Å². The predicted molar refractivity (Wildman–Crippen MR) is 106 cm³/mol. The van der Waals surface area contributed by atoms with Crippen molar-refractivity contribution in [3.05, 3.63) is 29.7 Å². The number of fused-ring (bicyclic) bond motifs is 1. The van der Waals surface area contributed by atoms with E-state index in [4.69, 9.17) is 4.42 Å². The number of carbonyl (C=O) groups excluding carboxylic acids is 1. The number of nitrogens with one attached hydrogen (secondary N) is 1. The van der Waals surface area contributed by atoms with Crippen molar-refractivity contribution < 1.29 is 26.4 Å². The number of hydrogen-bond acceptors (Lipinski definition) is 6. The fourth-order valence-electron chi connectivity index (χ4n) is 4.08. The molecule has 1 saturated carbocycles. The average Bonchev–Trinajstić information content (AvgIpc) is 3.32. The lowest BCUT2D eigenvalue weighted by Gasteiger charge is -2.37. The van der Waals surface area contributed by atoms with Crippen molar-refractivity contribution in [1.29, 1.82) is 0 Å². The van der Waals surface area contributed by atoms with Crippen LogP contribution >= 0.6 is 0 Å². The van der Waals surface area contributed by atoms with Crippen LogP contribution in [0, 0.1) is 0 Å². The van der Waals surface area contributed by atoms with Crippen LogP contribution in [0.25, 0.3) is 11.5 Å². The number of nitrogens with zero attached hydrogens (tertiary/aromatic N) is 4. The number of hydrogen-bond donors (Lipinski definition) is 1. The fourth-order valence-corrected chi connectivity index (χ4v) is 5.99. The van der Waals surface area contributed by atoms with E-state index in [1.165, 1.54) is 15.3 Å². The number of urea groups is 1. The van der Waals surface area contributed by atoms with Gasteiger partial charge in [-0.1, -0.05) is 18.9 Å². The lowest BCUT2D eigenvalue weighted by Crippen LogP contribution is -2.55. The maximum atomic E-state index is 13.4. The van der Waals surface area contributed by atoms with Crippen LogP contribution in [-0.4, -0.2) is 60.0 Å². The molecule has 2 aromatic rings. The normalized spacial score (nSPS) is 23.0. The summed E-state index contributed by atoms with van der Waals surface area (Å²) in [7, 11) is -0.578. The molecule has 1 fully saturated rings. The molecule has 2 aliphatic rings. The van der Waals surface area contributed by atoms with Gasteiger partial charge in [-0.25, -0.2) is 13.2 Å². The van der Waals surface area contributed by atoms with E-state index in [2.05, 4.69) is 15.5 Å². The van der Waals surface area contributed by atoms with Crippen molar-refractivity contribution in [2.45, 2.75) is 55.6 Å². The van der Waals surface area contributed by atoms with Gasteiger partial charge in [-0.05, 0) is 30.5 Å². The molecule has 9 nitrogen and oxygen atoms in total. The minimum absolute atomic E-state index is 0.0880. The predicted octanol–water partition coefficient (Wildman–Crippen LogP) is 2.76. The first-order valence-corrected chi connectivity index (χ1v) is 11.4. The van der Waals surface area contributed by atoms with Crippen LogP contribution in [0.5, 0.6) is 0 Å². The molecular formula is C19H23F2N5O4S. The smallest absolute Gasteiger partial charge is 0.317 e. The van der Waals surface area contributed by atoms with Gasteiger partial charge in [-0.15, -0.1) is 10.2 Å². The fraction of sp³-hybridized carbons (Fsp3) is 0.526. The number of sulfonamides is 1. The van der Waals surface area contributed by atoms with E-state index >= 15 is 0 Å². The molecule has 0 saturated heterocycles. The second-order valence-electron chi connectivity index (χ2n) is 7.92. The van der Waals surface area contributed by atoms with Gasteiger partial charge < -0.3 is 14.6 Å². The molecule has 12 heteroatoms. The Morgan fingerprint density at radius 2 is 2.00 bits per heavy atom. The standard InChI is InChI=1S/C19H23F2N5O4S/c1-25(2)19(27)22-13-5-3-4-6-14(13)26-10-12-8-7-11(9-15(12)31(26,28)29)17-23-24-18(30-17)16(20)21/h7-9,13-14,16H,3-6,10H2,1-2H3,(H,22,27)/t13-,14-/m1/s1. The van der Waals surface area contributed by atoms with Crippen molar-refractivity contribution in [1.82, 2.24) is 24.7 Å². The number of amides is 2. The summed E-state index contributed by atoms with van der Waals surface area (Å²) in [6, 6.07) is 3.66. The van der Waals surface area contributed by atoms with Gasteiger partial charge in [0.25, 0.3) is 5.89 Å². The molecule has 1 aromatic carbocycles. The SMILES string of the molecule is CN(C)C(=O)N[C@@H]1CCCC[C@H]1N1Cc2ccc(-c3nnc(C(F)F)o3)cc2S1(=O)=O. The van der Waals surface area contributed by atoms with Gasteiger partial charge in [0.2, 0.25) is 15.9 Å². The van der Waals surface area contributed by atoms with Crippen LogP contribution in [0.15, 0.2) is 27.5 Å². The van der Waals surface area contributed by atoms with Crippen molar-refractivity contribution in [3.8, 4) is 11.5 Å². The van der Waals surface area contributed by atoms with Crippen LogP contribution in [0.4, 0.5) is 13.6 Å². The molecule has 0 radical (unpaired) electrons. The molecule has 1 aliphatic heterocycles. The maximum Gasteiger partial charge on any atom is 0.317 e. The molecule has 2 heterocycles. The lowest BCUT2D eigenvalue weighted by atomic mass is 9.90. The van der Waals surface area contributed by atoms with E-state index < -0.39 is 22.3 Å². The number of halogens is 2. The molecule has 1 aliphatic carbocycles. The van der Waals surface area contributed by atoms with E-state index in [0.29, 0.717) is 18.4 Å². The van der Waals surface area contributed by atoms with Crippen LogP contribution in [-0.2, 0) is 16.6 Å². The van der Waals surface area contributed by atoms with Gasteiger partial charge in [-0.3, -0.25) is 0 Å². The average molecular weight is 455 g/mol. The molecule has 0 unspecified atom stereocenters. The molecule has 31 heavy (non-hydrogen) atoms. The highest BCUT2D eigenvalue weighted by molar-refractivity contribution is 7.89. The first-order valence-electron chi connectivity index (χ1n) is 9.93. The summed E-state index contributed by atoms with van der Waals surface area (Å²) in [5.74, 6) is -0.984. The Balaban J connectivity index is 1.62. The Bertz CT molecular complexity index is 1090. The number of carbonyl (C=O) groups is 1. The van der Waals surface area contributed by atoms with E-state index in [0.717, 1.165) is 12.8 Å². The highest BCUT2D eigenvalue weighted by atomic mass is 32.2. The lowest BCUT2D eigenvalue weighted by molar-refractivity contribution is 0.116. The summed E-state index contributed by atoms with van der Waals surface area (Å²) in [5.41, 5.74) is 0.852. The first kappa shape index (κ1) is 21.6. The molecule has 4 rings (SSSR count). The van der Waals surface area contributed by atoms with Crippen molar-refractivity contribution >= 4 is 16.1 Å². The van der Waals surface area contributed by atoms with Gasteiger partial charge >= 0.3 is 12.5 Å². The minimum Gasteiger partial charge on any atom is -0.415 e. The van der Waals surface area contributed by atoms with Crippen molar-refractivity contribution in [3.63, 3.8) is 0 Å². The van der Waals surface area contributed by atoms with Crippen LogP contribution < -0.4 is 5.32 Å². The molecule has 2 amide bonds. The third-order valence-corrected chi connectivity index (χ3v) is 7.62. The Morgan fingerprint density at radius 3 is 2.68 bits per heavy atom. The van der Waals surface area contributed by atoms with Crippen LogP contribution in [0.3, 0.4) is 0 Å². The van der Waals surface area contributed by atoms with Crippen LogP contribution in [0.2, 0.25) is 0 Å². The third kappa shape index (κ3) is 4.01. The topological polar surface area (TPSA) is 109 Å². The summed E-state index contributed by atoms with van der Waals surface area (Å²) in [5, 5.41) is 9.82. The van der Waals surface area contributed by atoms with E-state index in [9.17, 15) is 22.0 Å². The summed E-state index contributed by atoms with van der Waals surface area (Å²) in [6.45, 7) is 0.184. The zero-order chi connectivity index (χ0) is 22.3. The van der Waals surface area contributed by atoms with Gasteiger partial charge in [0, 0.05) is 38.3 Å². The zero-order valence-corrected chi connectivity index (χ0v) is 17.9. The molecule has 1 aromatic heterocycles. The van der Waals surface area contributed by atoms with Gasteiger partial charge in [0.1, 0.15) is 0 Å². The Hall–Kier alpha value is -2.60. The van der Waals surface area contributed by atoms with Crippen molar-refractivity contribution in [2.75, 3.05) is 14.1 Å². The molecular weight excluding hydrogens is 432 g/mol. The second-order valence-corrected chi connectivity index (χ2v) is 9.78. The Morgan fingerprint density at radius 1 is 1.26 bits per heavy atom. The van der Waals surface area contributed by atoms with E-state index in [1.807, 2.05) is 0 Å². The number of rotatable bonds is 4. The first-order chi connectivity index (χ1) is 14.7. The quantitative estimate of drug-likeness (QED) is 0.760. The summed E-state index contributed by atoms with van der Waals surface area (Å²) in [6.07, 6.45) is 0.195. The van der Waals surface area contributed by atoms with Crippen LogP contribution in [0.1, 0.15) is 43.6 Å². The monoisotopic (exact) mass is 455 g/mol. The number of benzene rings is 1. The molecule has 0 bridgehead atoms. The second kappa shape index (κ2) is 8.15. The summed E-state index contributed by atoms with van der Waals surface area (Å²) in [4.78, 5) is 13.7. The molecule has 0 spiro atoms. The molecule has 168 valence electrons. The Labute approximate surface area is 178 Å². The summed E-state index contributed by atoms with van der Waals surface area (Å²) >= 11 is 0. The maximum absolute atomic E-state index is 13.4. The van der Waals surface area contributed by atoms with Gasteiger partial charge in [-0.2, -0.15) is 13.1 Å². The van der Waals surface area contributed by atoms with E-state index in [1.54, 1.807) is 26.2 Å². The minimum atomic E-state index is -3.84. The molecule has 1 N–H and O–H groups in total. The van der Waals surface area contributed by atoms with E-state index in [-0.39, 0.29) is 41.0 Å². The van der Waals surface area contributed by atoms with Gasteiger partial charge in [0.15, 0.2) is 0 Å².